The van der Waals surface area contributed by atoms with Gasteiger partial charge >= 0.3 is 0 Å². The van der Waals surface area contributed by atoms with Gasteiger partial charge in [0.2, 0.25) is 15.9 Å². The number of likely N-dealkylation sites (N-methyl/N-ethyl adjacent to an activating group) is 1. The summed E-state index contributed by atoms with van der Waals surface area (Å²) < 4.78 is 22.8. The third-order valence-corrected chi connectivity index (χ3v) is 4.97. The molecule has 0 saturated heterocycles. The third kappa shape index (κ3) is 5.58. The molecule has 2 rings (SSSR count). The van der Waals surface area contributed by atoms with Crippen LogP contribution in [0.25, 0.3) is 0 Å². The maximum atomic E-state index is 12.3. The lowest BCUT2D eigenvalue weighted by atomic mass is 10.1. The average Bonchev–Trinajstić information content (AvgIpc) is 2.60. The zero-order valence-corrected chi connectivity index (χ0v) is 15.6. The lowest BCUT2D eigenvalue weighted by Gasteiger charge is -2.24. The van der Waals surface area contributed by atoms with Gasteiger partial charge in [-0.05, 0) is 37.7 Å². The second-order valence-electron chi connectivity index (χ2n) is 6.06. The van der Waals surface area contributed by atoms with Crippen LogP contribution in [0.5, 0.6) is 0 Å². The lowest BCUT2D eigenvalue weighted by Crippen LogP contribution is -2.32. The number of nitro groups is 1. The molecule has 0 aliphatic rings. The molecule has 2 aromatic carbocycles. The molecule has 0 bridgehead atoms. The van der Waals surface area contributed by atoms with Crippen LogP contribution in [-0.2, 0) is 14.8 Å². The Morgan fingerprint density at radius 1 is 1.26 bits per heavy atom. The highest BCUT2D eigenvalue weighted by Crippen LogP contribution is 2.23. The summed E-state index contributed by atoms with van der Waals surface area (Å²) in [5.41, 5.74) is 0.996. The van der Waals surface area contributed by atoms with Gasteiger partial charge in [0.1, 0.15) is 0 Å². The SMILES string of the molecule is C[C@@H](c1cccc([N+](=O)[O-])c1)N(C)CC(=O)Nc1cccc(S(N)(=O)=O)c1. The van der Waals surface area contributed by atoms with E-state index in [1.165, 1.54) is 30.3 Å². The molecule has 0 fully saturated rings. The molecule has 9 nitrogen and oxygen atoms in total. The molecule has 0 spiro atoms. The van der Waals surface area contributed by atoms with Gasteiger partial charge in [-0.1, -0.05) is 18.2 Å². The first-order valence-electron chi connectivity index (χ1n) is 7.95. The van der Waals surface area contributed by atoms with E-state index >= 15 is 0 Å². The van der Waals surface area contributed by atoms with E-state index in [1.54, 1.807) is 30.1 Å². The number of nitrogens with two attached hydrogens (primary N) is 1. The Bertz CT molecular complexity index is 961. The van der Waals surface area contributed by atoms with E-state index in [-0.39, 0.29) is 29.1 Å². The minimum atomic E-state index is -3.86. The molecular weight excluding hydrogens is 372 g/mol. The quantitative estimate of drug-likeness (QED) is 0.545. The third-order valence-electron chi connectivity index (χ3n) is 4.06. The monoisotopic (exact) mass is 392 g/mol. The van der Waals surface area contributed by atoms with E-state index in [2.05, 4.69) is 5.32 Å². The lowest BCUT2D eigenvalue weighted by molar-refractivity contribution is -0.384. The summed E-state index contributed by atoms with van der Waals surface area (Å²) in [6, 6.07) is 11.6. The number of hydrogen-bond donors (Lipinski definition) is 2. The Balaban J connectivity index is 2.05. The van der Waals surface area contributed by atoms with Crippen molar-refractivity contribution in [3.63, 3.8) is 0 Å². The highest BCUT2D eigenvalue weighted by atomic mass is 32.2. The van der Waals surface area contributed by atoms with E-state index in [1.807, 2.05) is 6.92 Å². The molecule has 2 aromatic rings. The first-order chi connectivity index (χ1) is 12.6. The van der Waals surface area contributed by atoms with Crippen LogP contribution in [0.3, 0.4) is 0 Å². The fraction of sp³-hybridized carbons (Fsp3) is 0.235. The van der Waals surface area contributed by atoms with Gasteiger partial charge in [-0.3, -0.25) is 19.8 Å². The fourth-order valence-electron chi connectivity index (χ4n) is 2.47. The Kier molecular flexibility index (Phi) is 6.26. The van der Waals surface area contributed by atoms with Crippen LogP contribution < -0.4 is 10.5 Å². The Morgan fingerprint density at radius 2 is 1.93 bits per heavy atom. The van der Waals surface area contributed by atoms with E-state index < -0.39 is 14.9 Å². The summed E-state index contributed by atoms with van der Waals surface area (Å²) in [7, 11) is -2.15. The van der Waals surface area contributed by atoms with Crippen molar-refractivity contribution in [2.45, 2.75) is 17.9 Å². The highest BCUT2D eigenvalue weighted by Gasteiger charge is 2.18. The zero-order valence-electron chi connectivity index (χ0n) is 14.8. The summed E-state index contributed by atoms with van der Waals surface area (Å²) in [6.45, 7) is 1.83. The fourth-order valence-corrected chi connectivity index (χ4v) is 3.03. The Morgan fingerprint density at radius 3 is 2.56 bits per heavy atom. The van der Waals surface area contributed by atoms with Crippen molar-refractivity contribution < 1.29 is 18.1 Å². The normalized spacial score (nSPS) is 12.6. The Hall–Kier alpha value is -2.82. The number of non-ortho nitro benzene ring substituents is 1. The molecule has 0 aliphatic carbocycles. The van der Waals surface area contributed by atoms with Crippen molar-refractivity contribution in [2.75, 3.05) is 18.9 Å². The molecule has 3 N–H and O–H groups in total. The van der Waals surface area contributed by atoms with Crippen LogP contribution in [0, 0.1) is 10.1 Å². The molecule has 0 aromatic heterocycles. The number of rotatable bonds is 7. The molecule has 0 radical (unpaired) electrons. The minimum Gasteiger partial charge on any atom is -0.325 e. The van der Waals surface area contributed by atoms with Crippen molar-refractivity contribution in [3.05, 3.63) is 64.2 Å². The predicted octanol–water partition coefficient (Wildman–Crippen LogP) is 1.87. The first kappa shape index (κ1) is 20.5. The molecule has 1 amide bonds. The molecule has 144 valence electrons. The summed E-state index contributed by atoms with van der Waals surface area (Å²) in [6.07, 6.45) is 0. The second kappa shape index (κ2) is 8.25. The van der Waals surface area contributed by atoms with Crippen molar-refractivity contribution in [1.29, 1.82) is 0 Å². The minimum absolute atomic E-state index is 0.00343. The van der Waals surface area contributed by atoms with Crippen LogP contribution in [0.2, 0.25) is 0 Å². The number of primary sulfonamides is 1. The topological polar surface area (TPSA) is 136 Å². The number of anilines is 1. The van der Waals surface area contributed by atoms with Crippen LogP contribution in [0.4, 0.5) is 11.4 Å². The molecular formula is C17H20N4O5S. The van der Waals surface area contributed by atoms with Crippen molar-refractivity contribution in [3.8, 4) is 0 Å². The predicted molar refractivity (Wildman–Crippen MR) is 101 cm³/mol. The van der Waals surface area contributed by atoms with Gasteiger partial charge in [0.25, 0.3) is 5.69 Å². The van der Waals surface area contributed by atoms with Crippen molar-refractivity contribution >= 4 is 27.3 Å². The number of sulfonamides is 1. The summed E-state index contributed by atoms with van der Waals surface area (Å²) >= 11 is 0. The highest BCUT2D eigenvalue weighted by molar-refractivity contribution is 7.89. The van der Waals surface area contributed by atoms with Crippen molar-refractivity contribution in [1.82, 2.24) is 4.90 Å². The van der Waals surface area contributed by atoms with Crippen LogP contribution >= 0.6 is 0 Å². The van der Waals surface area contributed by atoms with Gasteiger partial charge in [0, 0.05) is 23.9 Å². The molecule has 0 unspecified atom stereocenters. The smallest absolute Gasteiger partial charge is 0.269 e. The van der Waals surface area contributed by atoms with Crippen LogP contribution in [-0.4, -0.2) is 37.7 Å². The second-order valence-corrected chi connectivity index (χ2v) is 7.63. The first-order valence-corrected chi connectivity index (χ1v) is 9.50. The van der Waals surface area contributed by atoms with Gasteiger partial charge in [0.05, 0.1) is 16.4 Å². The average molecular weight is 392 g/mol. The van der Waals surface area contributed by atoms with Gasteiger partial charge in [-0.25, -0.2) is 13.6 Å². The standard InChI is InChI=1S/C17H20N4O5S/c1-12(13-5-3-7-15(9-13)21(23)24)20(2)11-17(22)19-14-6-4-8-16(10-14)27(18,25)26/h3-10,12H,11H2,1-2H3,(H,19,22)(H2,18,25,26)/t12-/m0/s1. The molecule has 0 saturated carbocycles. The number of nitrogens with one attached hydrogen (secondary N) is 1. The Labute approximate surface area is 157 Å². The molecule has 0 aliphatic heterocycles. The molecule has 27 heavy (non-hydrogen) atoms. The van der Waals surface area contributed by atoms with Crippen LogP contribution in [0.1, 0.15) is 18.5 Å². The number of hydrogen-bond acceptors (Lipinski definition) is 6. The number of carbonyl (C=O) groups excluding carboxylic acids is 1. The van der Waals surface area contributed by atoms with Gasteiger partial charge in [0.15, 0.2) is 0 Å². The number of benzene rings is 2. The van der Waals surface area contributed by atoms with Gasteiger partial charge < -0.3 is 5.32 Å². The van der Waals surface area contributed by atoms with E-state index in [9.17, 15) is 23.3 Å². The number of nitro benzene ring substituents is 1. The molecule has 1 atom stereocenters. The van der Waals surface area contributed by atoms with Crippen molar-refractivity contribution in [2.24, 2.45) is 5.14 Å². The molecule has 10 heteroatoms. The van der Waals surface area contributed by atoms with Crippen LogP contribution in [0.15, 0.2) is 53.4 Å². The maximum absolute atomic E-state index is 12.3. The van der Waals surface area contributed by atoms with Gasteiger partial charge in [-0.2, -0.15) is 0 Å². The number of carbonyl (C=O) groups is 1. The van der Waals surface area contributed by atoms with E-state index in [0.717, 1.165) is 0 Å². The summed E-state index contributed by atoms with van der Waals surface area (Å²) in [5, 5.41) is 18.6. The maximum Gasteiger partial charge on any atom is 0.269 e. The van der Waals surface area contributed by atoms with E-state index in [4.69, 9.17) is 5.14 Å². The number of nitrogens with zero attached hydrogens (tertiary/aromatic N) is 2. The summed E-state index contributed by atoms with van der Waals surface area (Å²) in [4.78, 5) is 24.3. The number of amides is 1. The van der Waals surface area contributed by atoms with Gasteiger partial charge in [-0.15, -0.1) is 0 Å². The van der Waals surface area contributed by atoms with E-state index in [0.29, 0.717) is 11.3 Å². The summed E-state index contributed by atoms with van der Waals surface area (Å²) in [5.74, 6) is -0.360. The largest absolute Gasteiger partial charge is 0.325 e. The zero-order chi connectivity index (χ0) is 20.2. The molecule has 0 heterocycles.